The summed E-state index contributed by atoms with van der Waals surface area (Å²) >= 11 is 0. The van der Waals surface area contributed by atoms with Crippen LogP contribution in [0.3, 0.4) is 0 Å². The number of aliphatic hydroxyl groups is 2. The quantitative estimate of drug-likeness (QED) is 0.295. The smallest absolute Gasteiger partial charge is 0.335 e. The Kier molecular flexibility index (Phi) is 7.89. The molecule has 0 aromatic carbocycles. The molecule has 0 aromatic heterocycles. The van der Waals surface area contributed by atoms with Gasteiger partial charge in [-0.1, -0.05) is 13.0 Å². The third-order valence-corrected chi connectivity index (χ3v) is 5.27. The molecular weight excluding hydrogens is 292 g/mol. The van der Waals surface area contributed by atoms with Gasteiger partial charge in [0, 0.05) is 12.0 Å². The lowest BCUT2D eigenvalue weighted by Gasteiger charge is -2.35. The van der Waals surface area contributed by atoms with Crippen molar-refractivity contribution in [3.8, 4) is 0 Å². The summed E-state index contributed by atoms with van der Waals surface area (Å²) in [4.78, 5) is 12.0. The van der Waals surface area contributed by atoms with Crippen molar-refractivity contribution < 1.29 is 24.2 Å². The largest absolute Gasteiger partial charge is 0.436 e. The van der Waals surface area contributed by atoms with Crippen LogP contribution in [0.5, 0.6) is 0 Å². The molecular formula is C13H28O5Si2. The zero-order valence-corrected chi connectivity index (χ0v) is 16.4. The number of ether oxygens (including phenoxy) is 1. The van der Waals surface area contributed by atoms with Gasteiger partial charge in [0.2, 0.25) is 0 Å². The van der Waals surface area contributed by atoms with Crippen LogP contribution in [0.25, 0.3) is 0 Å². The minimum atomic E-state index is -1.79. The van der Waals surface area contributed by atoms with Crippen LogP contribution in [0, 0.1) is 0 Å². The van der Waals surface area contributed by atoms with Gasteiger partial charge in [-0.15, -0.1) is 0 Å². The van der Waals surface area contributed by atoms with Crippen LogP contribution < -0.4 is 0 Å². The monoisotopic (exact) mass is 320 g/mol. The summed E-state index contributed by atoms with van der Waals surface area (Å²) in [6, 6.07) is 0. The van der Waals surface area contributed by atoms with E-state index in [-0.39, 0.29) is 13.0 Å². The zero-order valence-electron chi connectivity index (χ0n) is 13.4. The van der Waals surface area contributed by atoms with E-state index in [0.29, 0.717) is 22.2 Å². The van der Waals surface area contributed by atoms with Crippen molar-refractivity contribution >= 4 is 24.5 Å². The second kappa shape index (κ2) is 8.09. The van der Waals surface area contributed by atoms with E-state index in [2.05, 4.69) is 19.6 Å². The predicted molar refractivity (Wildman–Crippen MR) is 85.0 cm³/mol. The third kappa shape index (κ3) is 7.96. The fraction of sp³-hybridized carbons (Fsp3) is 0.769. The van der Waals surface area contributed by atoms with Crippen molar-refractivity contribution in [2.75, 3.05) is 6.61 Å². The Morgan fingerprint density at radius 3 is 2.40 bits per heavy atom. The Morgan fingerprint density at radius 2 is 2.00 bits per heavy atom. The molecule has 0 amide bonds. The van der Waals surface area contributed by atoms with E-state index < -0.39 is 25.8 Å². The topological polar surface area (TPSA) is 76.0 Å². The van der Waals surface area contributed by atoms with Crippen molar-refractivity contribution in [2.45, 2.75) is 57.8 Å². The molecule has 0 saturated heterocycles. The van der Waals surface area contributed by atoms with Crippen molar-refractivity contribution in [3.63, 3.8) is 0 Å². The van der Waals surface area contributed by atoms with E-state index >= 15 is 0 Å². The van der Waals surface area contributed by atoms with Gasteiger partial charge in [0.15, 0.2) is 13.7 Å². The van der Waals surface area contributed by atoms with Gasteiger partial charge in [-0.25, -0.2) is 4.79 Å². The molecule has 2 atom stereocenters. The molecule has 0 rings (SSSR count). The Bertz CT molecular complexity index is 351. The van der Waals surface area contributed by atoms with Gasteiger partial charge in [-0.05, 0) is 33.0 Å². The molecule has 2 unspecified atom stereocenters. The molecule has 20 heavy (non-hydrogen) atoms. The second-order valence-corrected chi connectivity index (χ2v) is 12.0. The maximum absolute atomic E-state index is 12.0. The lowest BCUT2D eigenvalue weighted by Crippen LogP contribution is -2.46. The average molecular weight is 321 g/mol. The van der Waals surface area contributed by atoms with Gasteiger partial charge in [0.1, 0.15) is 0 Å². The summed E-state index contributed by atoms with van der Waals surface area (Å²) in [6.45, 7) is 9.43. The van der Waals surface area contributed by atoms with E-state index in [1.807, 2.05) is 6.92 Å². The van der Waals surface area contributed by atoms with Crippen LogP contribution in [0.15, 0.2) is 11.6 Å². The molecule has 0 bridgehead atoms. The molecule has 0 spiro atoms. The van der Waals surface area contributed by atoms with Crippen molar-refractivity contribution in [3.05, 3.63) is 11.6 Å². The highest BCUT2D eigenvalue weighted by Gasteiger charge is 2.33. The van der Waals surface area contributed by atoms with E-state index in [0.717, 1.165) is 0 Å². The summed E-state index contributed by atoms with van der Waals surface area (Å²) in [5, 5.41) is 18.0. The number of hydrogen-bond acceptors (Lipinski definition) is 5. The highest BCUT2D eigenvalue weighted by molar-refractivity contribution is 6.70. The van der Waals surface area contributed by atoms with Crippen LogP contribution in [0.1, 0.15) is 26.7 Å². The fourth-order valence-electron chi connectivity index (χ4n) is 1.56. The number of esters is 1. The first kappa shape index (κ1) is 19.5. The highest BCUT2D eigenvalue weighted by Crippen LogP contribution is 2.21. The molecule has 0 aliphatic heterocycles. The van der Waals surface area contributed by atoms with Crippen molar-refractivity contribution in [1.82, 2.24) is 0 Å². The van der Waals surface area contributed by atoms with Gasteiger partial charge in [0.05, 0.1) is 23.0 Å². The predicted octanol–water partition coefficient (Wildman–Crippen LogP) is 0.500. The summed E-state index contributed by atoms with van der Waals surface area (Å²) < 4.78 is 11.5. The number of rotatable bonds is 8. The van der Waals surface area contributed by atoms with Gasteiger partial charge >= 0.3 is 5.97 Å². The summed E-state index contributed by atoms with van der Waals surface area (Å²) in [6.07, 6.45) is 1.59. The lowest BCUT2D eigenvalue weighted by atomic mass is 10.2. The SMILES string of the molecule is CCC([SiH3])(OC(=O)C(C)=CCC(O)CO)O[Si](C)(C)C. The molecule has 0 fully saturated rings. The summed E-state index contributed by atoms with van der Waals surface area (Å²) in [5.74, 6) is -0.426. The number of hydrogen-bond donors (Lipinski definition) is 2. The first-order chi connectivity index (χ1) is 9.03. The van der Waals surface area contributed by atoms with Gasteiger partial charge in [-0.3, -0.25) is 0 Å². The Morgan fingerprint density at radius 1 is 1.45 bits per heavy atom. The second-order valence-electron chi connectivity index (χ2n) is 6.05. The van der Waals surface area contributed by atoms with Gasteiger partial charge in [-0.2, -0.15) is 0 Å². The summed E-state index contributed by atoms with van der Waals surface area (Å²) in [7, 11) is -1.19. The normalized spacial score (nSPS) is 17.6. The minimum Gasteiger partial charge on any atom is -0.436 e. The van der Waals surface area contributed by atoms with Crippen LogP contribution >= 0.6 is 0 Å². The molecule has 0 heterocycles. The van der Waals surface area contributed by atoms with Crippen molar-refractivity contribution in [2.24, 2.45) is 0 Å². The molecule has 0 aliphatic carbocycles. The first-order valence-corrected chi connectivity index (χ1v) is 11.3. The van der Waals surface area contributed by atoms with Gasteiger partial charge in [0.25, 0.3) is 0 Å². The van der Waals surface area contributed by atoms with Crippen LogP contribution in [0.2, 0.25) is 19.6 Å². The molecule has 0 saturated carbocycles. The maximum atomic E-state index is 12.0. The minimum absolute atomic E-state index is 0.229. The Labute approximate surface area is 125 Å². The van der Waals surface area contributed by atoms with E-state index in [1.54, 1.807) is 13.0 Å². The van der Waals surface area contributed by atoms with E-state index in [9.17, 15) is 9.90 Å². The fourth-order valence-corrected chi connectivity index (χ4v) is 5.06. The molecule has 0 aromatic rings. The lowest BCUT2D eigenvalue weighted by molar-refractivity contribution is -0.170. The zero-order chi connectivity index (χ0) is 16.0. The van der Waals surface area contributed by atoms with E-state index in [1.165, 1.54) is 0 Å². The van der Waals surface area contributed by atoms with Gasteiger partial charge < -0.3 is 19.4 Å². The van der Waals surface area contributed by atoms with Crippen LogP contribution in [-0.2, 0) is 14.0 Å². The molecule has 2 N–H and O–H groups in total. The molecule has 0 radical (unpaired) electrons. The number of carbonyl (C=O) groups excluding carboxylic acids is 1. The number of carbonyl (C=O) groups is 1. The standard InChI is InChI=1S/C13H28O5Si2/c1-6-13(19,18-20(3,4)5)17-12(16)10(2)7-8-11(15)9-14/h7,11,14-15H,6,8-9H2,1-5,19H3. The highest BCUT2D eigenvalue weighted by atomic mass is 28.4. The molecule has 5 nitrogen and oxygen atoms in total. The molecule has 118 valence electrons. The third-order valence-electron chi connectivity index (χ3n) is 2.70. The molecule has 7 heteroatoms. The van der Waals surface area contributed by atoms with Crippen LogP contribution in [0.4, 0.5) is 0 Å². The van der Waals surface area contributed by atoms with E-state index in [4.69, 9.17) is 14.3 Å². The maximum Gasteiger partial charge on any atom is 0.335 e. The first-order valence-electron chi connectivity index (χ1n) is 6.92. The molecule has 0 aliphatic rings. The van der Waals surface area contributed by atoms with Crippen molar-refractivity contribution in [1.29, 1.82) is 0 Å². The number of aliphatic hydroxyl groups excluding tert-OH is 2. The van der Waals surface area contributed by atoms with Crippen LogP contribution in [-0.4, -0.2) is 52.9 Å². The Balaban J connectivity index is 4.70. The average Bonchev–Trinajstić information content (AvgIpc) is 2.32. The Hall–Kier alpha value is -0.476. The summed E-state index contributed by atoms with van der Waals surface area (Å²) in [5.41, 5.74) is -0.364.